The van der Waals surface area contributed by atoms with Gasteiger partial charge in [-0.1, -0.05) is 37.3 Å². The minimum Gasteiger partial charge on any atom is -0.351 e. The number of carbonyl (C=O) groups excluding carboxylic acids is 1. The third-order valence-electron chi connectivity index (χ3n) is 2.82. The van der Waals surface area contributed by atoms with Crippen molar-refractivity contribution in [3.8, 4) is 0 Å². The van der Waals surface area contributed by atoms with Crippen LogP contribution >= 0.6 is 12.2 Å². The van der Waals surface area contributed by atoms with Crippen molar-refractivity contribution in [2.45, 2.75) is 25.3 Å². The molecule has 1 heterocycles. The molecular weight excluding hydrogens is 220 g/mol. The Morgan fingerprint density at radius 2 is 2.06 bits per heavy atom. The summed E-state index contributed by atoms with van der Waals surface area (Å²) in [6, 6.07) is 9.98. The van der Waals surface area contributed by atoms with E-state index in [1.165, 1.54) is 5.56 Å². The normalized spacial score (nSPS) is 21.4. The molecule has 0 bridgehead atoms. The molecular formula is C12H14N2OS. The average Bonchev–Trinajstić information content (AvgIpc) is 2.59. The van der Waals surface area contributed by atoms with E-state index in [0.29, 0.717) is 11.0 Å². The van der Waals surface area contributed by atoms with Gasteiger partial charge in [-0.15, -0.1) is 0 Å². The lowest BCUT2D eigenvalue weighted by molar-refractivity contribution is -0.120. The van der Waals surface area contributed by atoms with Gasteiger partial charge in [-0.25, -0.2) is 0 Å². The number of rotatable bonds is 3. The number of hydrogen-bond acceptors (Lipinski definition) is 2. The number of nitrogens with one attached hydrogen (secondary N) is 2. The van der Waals surface area contributed by atoms with E-state index in [0.717, 1.165) is 6.42 Å². The van der Waals surface area contributed by atoms with Crippen LogP contribution in [-0.4, -0.2) is 17.1 Å². The van der Waals surface area contributed by atoms with E-state index in [4.69, 9.17) is 12.2 Å². The molecule has 1 fully saturated rings. The van der Waals surface area contributed by atoms with Gasteiger partial charge in [0.05, 0.1) is 0 Å². The van der Waals surface area contributed by atoms with Crippen molar-refractivity contribution in [2.24, 2.45) is 0 Å². The number of carbonyl (C=O) groups is 1. The molecule has 0 spiro atoms. The molecule has 2 atom stereocenters. The van der Waals surface area contributed by atoms with Gasteiger partial charge >= 0.3 is 0 Å². The quantitative estimate of drug-likeness (QED) is 0.780. The van der Waals surface area contributed by atoms with Gasteiger partial charge in [0.15, 0.2) is 5.11 Å². The smallest absolute Gasteiger partial charge is 0.248 e. The molecule has 2 unspecified atom stereocenters. The van der Waals surface area contributed by atoms with Crippen LogP contribution in [0.3, 0.4) is 0 Å². The topological polar surface area (TPSA) is 41.1 Å². The molecule has 84 valence electrons. The number of benzene rings is 1. The maximum Gasteiger partial charge on any atom is 0.248 e. The fourth-order valence-electron chi connectivity index (χ4n) is 1.90. The molecule has 16 heavy (non-hydrogen) atoms. The highest BCUT2D eigenvalue weighted by molar-refractivity contribution is 7.80. The van der Waals surface area contributed by atoms with E-state index >= 15 is 0 Å². The molecule has 0 saturated carbocycles. The van der Waals surface area contributed by atoms with Gasteiger partial charge in [-0.05, 0) is 30.1 Å². The van der Waals surface area contributed by atoms with Gasteiger partial charge < -0.3 is 10.6 Å². The van der Waals surface area contributed by atoms with Gasteiger partial charge in [-0.3, -0.25) is 4.79 Å². The Kier molecular flexibility index (Phi) is 3.19. The molecule has 1 aliphatic heterocycles. The third kappa shape index (κ3) is 2.39. The van der Waals surface area contributed by atoms with E-state index in [-0.39, 0.29) is 11.9 Å². The molecule has 0 radical (unpaired) electrons. The van der Waals surface area contributed by atoms with Crippen molar-refractivity contribution in [1.29, 1.82) is 0 Å². The Hall–Kier alpha value is -1.42. The van der Waals surface area contributed by atoms with Crippen LogP contribution in [0.1, 0.15) is 24.8 Å². The number of thiocarbonyl (C=S) groups is 1. The maximum absolute atomic E-state index is 11.5. The zero-order valence-corrected chi connectivity index (χ0v) is 9.88. The van der Waals surface area contributed by atoms with Crippen molar-refractivity contribution < 1.29 is 4.79 Å². The molecule has 4 heteroatoms. The summed E-state index contributed by atoms with van der Waals surface area (Å²) in [5.41, 5.74) is 1.25. The van der Waals surface area contributed by atoms with Crippen LogP contribution in [0.2, 0.25) is 0 Å². The molecule has 1 saturated heterocycles. The van der Waals surface area contributed by atoms with Crippen LogP contribution in [0, 0.1) is 0 Å². The van der Waals surface area contributed by atoms with Crippen molar-refractivity contribution in [2.75, 3.05) is 0 Å². The van der Waals surface area contributed by atoms with Crippen LogP contribution in [0.5, 0.6) is 0 Å². The van der Waals surface area contributed by atoms with Crippen LogP contribution < -0.4 is 10.6 Å². The van der Waals surface area contributed by atoms with E-state index in [1.54, 1.807) is 0 Å². The molecule has 1 amide bonds. The summed E-state index contributed by atoms with van der Waals surface area (Å²) in [6.45, 7) is 2.12. The first-order chi connectivity index (χ1) is 7.66. The summed E-state index contributed by atoms with van der Waals surface area (Å²) >= 11 is 4.90. The summed E-state index contributed by atoms with van der Waals surface area (Å²) in [5, 5.41) is 6.02. The van der Waals surface area contributed by atoms with E-state index < -0.39 is 0 Å². The Labute approximate surface area is 100 Å². The Morgan fingerprint density at radius 3 is 2.62 bits per heavy atom. The van der Waals surface area contributed by atoms with Gasteiger partial charge in [0.1, 0.15) is 6.04 Å². The highest BCUT2D eigenvalue weighted by Gasteiger charge is 2.28. The van der Waals surface area contributed by atoms with Crippen molar-refractivity contribution in [3.63, 3.8) is 0 Å². The standard InChI is InChI=1S/C12H14N2OS/c1-8(9-5-3-2-4-6-9)7-10-11(15)14-12(16)13-10/h2-6,8,10H,7H2,1H3,(H2,13,14,15,16). The van der Waals surface area contributed by atoms with E-state index in [9.17, 15) is 4.79 Å². The lowest BCUT2D eigenvalue weighted by Gasteiger charge is -2.15. The molecule has 1 aromatic carbocycles. The largest absolute Gasteiger partial charge is 0.351 e. The van der Waals surface area contributed by atoms with Crippen LogP contribution in [0.15, 0.2) is 30.3 Å². The highest BCUT2D eigenvalue weighted by Crippen LogP contribution is 2.21. The SMILES string of the molecule is CC(CC1NC(=S)NC1=O)c1ccccc1. The predicted octanol–water partition coefficient (Wildman–Crippen LogP) is 1.55. The van der Waals surface area contributed by atoms with E-state index in [2.05, 4.69) is 29.7 Å². The Morgan fingerprint density at radius 1 is 1.38 bits per heavy atom. The Bertz CT molecular complexity index is 405. The fourth-order valence-corrected chi connectivity index (χ4v) is 2.14. The fraction of sp³-hybridized carbons (Fsp3) is 0.333. The van der Waals surface area contributed by atoms with Gasteiger partial charge in [0.2, 0.25) is 5.91 Å². The molecule has 1 aromatic rings. The second kappa shape index (κ2) is 4.61. The molecule has 3 nitrogen and oxygen atoms in total. The summed E-state index contributed by atoms with van der Waals surface area (Å²) in [7, 11) is 0. The summed E-state index contributed by atoms with van der Waals surface area (Å²) in [6.07, 6.45) is 0.760. The predicted molar refractivity (Wildman–Crippen MR) is 67.1 cm³/mol. The van der Waals surface area contributed by atoms with Crippen LogP contribution in [0.25, 0.3) is 0 Å². The zero-order valence-electron chi connectivity index (χ0n) is 9.07. The summed E-state index contributed by atoms with van der Waals surface area (Å²) in [5.74, 6) is 0.318. The average molecular weight is 234 g/mol. The Balaban J connectivity index is 2.00. The molecule has 0 aliphatic carbocycles. The molecule has 2 rings (SSSR count). The van der Waals surface area contributed by atoms with Gasteiger partial charge in [0, 0.05) is 0 Å². The second-order valence-corrected chi connectivity index (χ2v) is 4.47. The summed E-state index contributed by atoms with van der Waals surface area (Å²) in [4.78, 5) is 11.5. The number of hydrogen-bond donors (Lipinski definition) is 2. The third-order valence-corrected chi connectivity index (χ3v) is 3.04. The molecule has 1 aliphatic rings. The highest BCUT2D eigenvalue weighted by atomic mass is 32.1. The first-order valence-corrected chi connectivity index (χ1v) is 5.74. The summed E-state index contributed by atoms with van der Waals surface area (Å²) < 4.78 is 0. The first kappa shape index (κ1) is 11.1. The maximum atomic E-state index is 11.5. The first-order valence-electron chi connectivity index (χ1n) is 5.33. The molecule has 2 N–H and O–H groups in total. The van der Waals surface area contributed by atoms with E-state index in [1.807, 2.05) is 18.2 Å². The second-order valence-electron chi connectivity index (χ2n) is 4.06. The monoisotopic (exact) mass is 234 g/mol. The van der Waals surface area contributed by atoms with Crippen molar-refractivity contribution in [1.82, 2.24) is 10.6 Å². The van der Waals surface area contributed by atoms with Gasteiger partial charge in [0.25, 0.3) is 0 Å². The van der Waals surface area contributed by atoms with Crippen molar-refractivity contribution in [3.05, 3.63) is 35.9 Å². The lowest BCUT2D eigenvalue weighted by atomic mass is 9.94. The van der Waals surface area contributed by atoms with Crippen molar-refractivity contribution >= 4 is 23.2 Å². The lowest BCUT2D eigenvalue weighted by Crippen LogP contribution is -2.30. The minimum atomic E-state index is -0.192. The zero-order chi connectivity index (χ0) is 11.5. The number of amides is 1. The minimum absolute atomic E-state index is 0.0206. The van der Waals surface area contributed by atoms with Gasteiger partial charge in [-0.2, -0.15) is 0 Å². The van der Waals surface area contributed by atoms with Crippen LogP contribution in [-0.2, 0) is 4.79 Å². The molecule has 0 aromatic heterocycles. The van der Waals surface area contributed by atoms with Crippen LogP contribution in [0.4, 0.5) is 0 Å².